The van der Waals surface area contributed by atoms with Crippen molar-refractivity contribution in [3.05, 3.63) is 59.3 Å². The number of hydrogen-bond acceptors (Lipinski definition) is 6. The van der Waals surface area contributed by atoms with Gasteiger partial charge in [-0.3, -0.25) is 4.79 Å². The number of aromatic nitrogens is 2. The topological polar surface area (TPSA) is 112 Å². The third-order valence-electron chi connectivity index (χ3n) is 6.04. The molecule has 0 bridgehead atoms. The van der Waals surface area contributed by atoms with Gasteiger partial charge in [0, 0.05) is 12.3 Å². The number of benzene rings is 2. The van der Waals surface area contributed by atoms with E-state index >= 15 is 0 Å². The molecule has 1 heterocycles. The van der Waals surface area contributed by atoms with E-state index in [9.17, 15) is 14.4 Å². The molecule has 1 aromatic heterocycles. The molecule has 1 aliphatic rings. The lowest BCUT2D eigenvalue weighted by Gasteiger charge is -2.21. The van der Waals surface area contributed by atoms with Crippen molar-refractivity contribution in [2.24, 2.45) is 0 Å². The fraction of sp³-hybridized carbons (Fsp3) is 0.385. The molecule has 9 nitrogen and oxygen atoms in total. The fourth-order valence-electron chi connectivity index (χ4n) is 4.23. The molecule has 0 saturated heterocycles. The Morgan fingerprint density at radius 1 is 1.11 bits per heavy atom. The normalized spacial score (nSPS) is 14.9. The molecule has 4 rings (SSSR count). The van der Waals surface area contributed by atoms with Crippen LogP contribution in [0.2, 0.25) is 0 Å². The minimum atomic E-state index is -0.703. The van der Waals surface area contributed by atoms with Gasteiger partial charge in [-0.25, -0.2) is 9.59 Å². The number of aryl methyl sites for hydroxylation is 1. The number of amides is 2. The maximum Gasteiger partial charge on any atom is 0.435 e. The van der Waals surface area contributed by atoms with Crippen LogP contribution in [0.5, 0.6) is 0 Å². The zero-order valence-electron chi connectivity index (χ0n) is 20.4. The molecule has 0 radical (unpaired) electrons. The molecule has 2 amide bonds. The standard InChI is InChI=1S/C26H30N4O5/c1-16(31)34-12-13-35-25(33)30-23-7-5-6-21(20(23)15-27-30)28-24(32)29-22-11-8-17-14-18(26(2,3)4)9-10-19(17)22/h5-7,9-10,14-15,22H,8,11-13H2,1-4H3,(H2,28,29,32)/t22-/m1/s1. The third kappa shape index (κ3) is 5.45. The zero-order chi connectivity index (χ0) is 25.2. The van der Waals surface area contributed by atoms with Crippen LogP contribution >= 0.6 is 0 Å². The van der Waals surface area contributed by atoms with Gasteiger partial charge in [-0.2, -0.15) is 9.78 Å². The first-order valence-electron chi connectivity index (χ1n) is 11.6. The van der Waals surface area contributed by atoms with Crippen molar-refractivity contribution in [2.75, 3.05) is 18.5 Å². The quantitative estimate of drug-likeness (QED) is 0.406. The number of nitrogens with one attached hydrogen (secondary N) is 2. The van der Waals surface area contributed by atoms with Gasteiger partial charge in [0.05, 0.1) is 23.4 Å². The van der Waals surface area contributed by atoms with Crippen LogP contribution in [0.25, 0.3) is 10.9 Å². The first-order chi connectivity index (χ1) is 16.6. The van der Waals surface area contributed by atoms with Gasteiger partial charge in [0.1, 0.15) is 13.2 Å². The highest BCUT2D eigenvalue weighted by molar-refractivity contribution is 6.02. The van der Waals surface area contributed by atoms with Crippen molar-refractivity contribution in [3.63, 3.8) is 0 Å². The summed E-state index contributed by atoms with van der Waals surface area (Å²) in [5, 5.41) is 10.7. The molecule has 0 spiro atoms. The van der Waals surface area contributed by atoms with E-state index in [4.69, 9.17) is 9.47 Å². The molecular weight excluding hydrogens is 448 g/mol. The summed E-state index contributed by atoms with van der Waals surface area (Å²) in [7, 11) is 0. The number of urea groups is 1. The first-order valence-corrected chi connectivity index (χ1v) is 11.6. The van der Waals surface area contributed by atoms with Gasteiger partial charge < -0.3 is 20.1 Å². The highest BCUT2D eigenvalue weighted by Gasteiger charge is 2.26. The zero-order valence-corrected chi connectivity index (χ0v) is 20.4. The van der Waals surface area contributed by atoms with E-state index in [0.717, 1.165) is 23.1 Å². The monoisotopic (exact) mass is 478 g/mol. The Balaban J connectivity index is 1.42. The molecule has 9 heteroatoms. The molecule has 1 aliphatic carbocycles. The number of carbonyl (C=O) groups is 3. The molecule has 0 fully saturated rings. The summed E-state index contributed by atoms with van der Waals surface area (Å²) in [6.07, 6.45) is 2.56. The maximum absolute atomic E-state index is 12.8. The van der Waals surface area contributed by atoms with E-state index in [1.165, 1.54) is 24.2 Å². The Labute approximate surface area is 203 Å². The lowest BCUT2D eigenvalue weighted by atomic mass is 9.85. The summed E-state index contributed by atoms with van der Waals surface area (Å²) in [6.45, 7) is 7.74. The molecular formula is C26H30N4O5. The average molecular weight is 479 g/mol. The number of hydrogen-bond donors (Lipinski definition) is 2. The largest absolute Gasteiger partial charge is 0.462 e. The van der Waals surface area contributed by atoms with Gasteiger partial charge in [-0.05, 0) is 47.1 Å². The molecule has 0 saturated carbocycles. The van der Waals surface area contributed by atoms with Crippen molar-refractivity contribution in [2.45, 2.75) is 52.0 Å². The van der Waals surface area contributed by atoms with Crippen LogP contribution in [0.15, 0.2) is 42.6 Å². The summed E-state index contributed by atoms with van der Waals surface area (Å²) in [5.74, 6) is -0.449. The SMILES string of the molecule is CC(=O)OCCOC(=O)n1ncc2c(NC(=O)N[C@@H]3CCc4cc(C(C)(C)C)ccc43)cccc21. The molecule has 35 heavy (non-hydrogen) atoms. The van der Waals surface area contributed by atoms with Gasteiger partial charge in [0.15, 0.2) is 0 Å². The van der Waals surface area contributed by atoms with Crippen LogP contribution in [0.4, 0.5) is 15.3 Å². The number of fused-ring (bicyclic) bond motifs is 2. The number of carbonyl (C=O) groups excluding carboxylic acids is 3. The molecule has 2 N–H and O–H groups in total. The van der Waals surface area contributed by atoms with Crippen molar-refractivity contribution >= 4 is 34.7 Å². The molecule has 3 aromatic rings. The number of nitrogens with zero attached hydrogens (tertiary/aromatic N) is 2. The first kappa shape index (κ1) is 24.3. The predicted octanol–water partition coefficient (Wildman–Crippen LogP) is 4.69. The average Bonchev–Trinajstić information content (AvgIpc) is 3.40. The van der Waals surface area contributed by atoms with Crippen molar-refractivity contribution < 1.29 is 23.9 Å². The van der Waals surface area contributed by atoms with Gasteiger partial charge in [-0.1, -0.05) is 45.0 Å². The number of esters is 1. The molecule has 184 valence electrons. The van der Waals surface area contributed by atoms with Gasteiger partial charge in [-0.15, -0.1) is 0 Å². The highest BCUT2D eigenvalue weighted by atomic mass is 16.6. The van der Waals surface area contributed by atoms with Crippen LogP contribution in [-0.4, -0.2) is 41.1 Å². The Bertz CT molecular complexity index is 1270. The second-order valence-corrected chi connectivity index (χ2v) is 9.60. The predicted molar refractivity (Wildman–Crippen MR) is 131 cm³/mol. The fourth-order valence-corrected chi connectivity index (χ4v) is 4.23. The Morgan fingerprint density at radius 3 is 2.63 bits per heavy atom. The second-order valence-electron chi connectivity index (χ2n) is 9.60. The summed E-state index contributed by atoms with van der Waals surface area (Å²) in [5.41, 5.74) is 4.81. The summed E-state index contributed by atoms with van der Waals surface area (Å²) < 4.78 is 11.0. The molecule has 0 aliphatic heterocycles. The van der Waals surface area contributed by atoms with Crippen molar-refractivity contribution in [1.82, 2.24) is 15.1 Å². The number of ether oxygens (including phenoxy) is 2. The van der Waals surface area contributed by atoms with E-state index < -0.39 is 12.1 Å². The van der Waals surface area contributed by atoms with Crippen LogP contribution < -0.4 is 10.6 Å². The Kier molecular flexibility index (Phi) is 6.77. The lowest BCUT2D eigenvalue weighted by Crippen LogP contribution is -2.31. The summed E-state index contributed by atoms with van der Waals surface area (Å²) >= 11 is 0. The van der Waals surface area contributed by atoms with E-state index in [1.807, 2.05) is 0 Å². The van der Waals surface area contributed by atoms with E-state index in [2.05, 4.69) is 54.7 Å². The third-order valence-corrected chi connectivity index (χ3v) is 6.04. The second kappa shape index (κ2) is 9.77. The summed E-state index contributed by atoms with van der Waals surface area (Å²) in [4.78, 5) is 36.0. The summed E-state index contributed by atoms with van der Waals surface area (Å²) in [6, 6.07) is 11.3. The Morgan fingerprint density at radius 2 is 1.89 bits per heavy atom. The van der Waals surface area contributed by atoms with E-state index in [0.29, 0.717) is 16.6 Å². The van der Waals surface area contributed by atoms with Crippen LogP contribution in [-0.2, 0) is 26.1 Å². The van der Waals surface area contributed by atoms with Crippen LogP contribution in [0, 0.1) is 0 Å². The number of rotatable bonds is 5. The van der Waals surface area contributed by atoms with E-state index in [1.54, 1.807) is 18.2 Å². The minimum absolute atomic E-state index is 0.0327. The molecule has 1 atom stereocenters. The van der Waals surface area contributed by atoms with Gasteiger partial charge >= 0.3 is 18.1 Å². The van der Waals surface area contributed by atoms with Crippen molar-refractivity contribution in [3.8, 4) is 0 Å². The minimum Gasteiger partial charge on any atom is -0.462 e. The van der Waals surface area contributed by atoms with Crippen LogP contribution in [0.1, 0.15) is 56.8 Å². The van der Waals surface area contributed by atoms with Gasteiger partial charge in [0.2, 0.25) is 0 Å². The highest BCUT2D eigenvalue weighted by Crippen LogP contribution is 2.34. The lowest BCUT2D eigenvalue weighted by molar-refractivity contribution is -0.141. The van der Waals surface area contributed by atoms with Gasteiger partial charge in [0.25, 0.3) is 0 Å². The number of anilines is 1. The molecule has 0 unspecified atom stereocenters. The Hall–Kier alpha value is -3.88. The van der Waals surface area contributed by atoms with E-state index in [-0.39, 0.29) is 30.7 Å². The molecule has 2 aromatic carbocycles. The maximum atomic E-state index is 12.8. The van der Waals surface area contributed by atoms with Crippen LogP contribution in [0.3, 0.4) is 0 Å². The van der Waals surface area contributed by atoms with Crippen molar-refractivity contribution in [1.29, 1.82) is 0 Å². The smallest absolute Gasteiger partial charge is 0.435 e.